The van der Waals surface area contributed by atoms with E-state index in [4.69, 9.17) is 16.3 Å². The number of hydrogen-bond acceptors (Lipinski definition) is 2. The Kier molecular flexibility index (Phi) is 6.90. The zero-order valence-corrected chi connectivity index (χ0v) is 10.3. The Bertz CT molecular complexity index is 325. The van der Waals surface area contributed by atoms with Crippen LogP contribution in [0, 0.1) is 0 Å². The minimum atomic E-state index is 0.680. The summed E-state index contributed by atoms with van der Waals surface area (Å²) in [6, 6.07) is 8.30. The van der Waals surface area contributed by atoms with E-state index in [0.29, 0.717) is 6.61 Å². The summed E-state index contributed by atoms with van der Waals surface area (Å²) in [5.41, 5.74) is 4.05. The SMILES string of the molecule is CCOCc1ccccc1CNC/C=C/Cl. The summed E-state index contributed by atoms with van der Waals surface area (Å²) >= 11 is 5.44. The summed E-state index contributed by atoms with van der Waals surface area (Å²) in [5, 5.41) is 3.29. The molecule has 0 aliphatic carbocycles. The monoisotopic (exact) mass is 239 g/mol. The Balaban J connectivity index is 2.49. The highest BCUT2D eigenvalue weighted by Crippen LogP contribution is 2.09. The molecule has 0 atom stereocenters. The third-order valence-corrected chi connectivity index (χ3v) is 2.42. The molecule has 0 fully saturated rings. The lowest BCUT2D eigenvalue weighted by molar-refractivity contribution is 0.133. The van der Waals surface area contributed by atoms with E-state index in [9.17, 15) is 0 Å². The largest absolute Gasteiger partial charge is 0.377 e. The van der Waals surface area contributed by atoms with Gasteiger partial charge in [0.05, 0.1) is 6.61 Å². The molecule has 1 aromatic rings. The van der Waals surface area contributed by atoms with Crippen LogP contribution in [0.4, 0.5) is 0 Å². The summed E-state index contributed by atoms with van der Waals surface area (Å²) in [6.45, 7) is 5.06. The van der Waals surface area contributed by atoms with Crippen LogP contribution in [0.5, 0.6) is 0 Å². The van der Waals surface area contributed by atoms with Crippen LogP contribution in [0.3, 0.4) is 0 Å². The summed E-state index contributed by atoms with van der Waals surface area (Å²) in [5.74, 6) is 0. The molecule has 0 saturated carbocycles. The van der Waals surface area contributed by atoms with Crippen molar-refractivity contribution in [1.82, 2.24) is 5.32 Å². The molecule has 0 aliphatic rings. The van der Waals surface area contributed by atoms with Gasteiger partial charge in [-0.05, 0) is 18.1 Å². The molecule has 2 nitrogen and oxygen atoms in total. The molecule has 16 heavy (non-hydrogen) atoms. The van der Waals surface area contributed by atoms with E-state index in [1.54, 1.807) is 0 Å². The fourth-order valence-corrected chi connectivity index (χ4v) is 1.51. The molecule has 0 aliphatic heterocycles. The number of halogens is 1. The number of ether oxygens (including phenoxy) is 1. The van der Waals surface area contributed by atoms with Gasteiger partial charge in [-0.1, -0.05) is 41.9 Å². The lowest BCUT2D eigenvalue weighted by Gasteiger charge is -2.09. The first kappa shape index (κ1) is 13.2. The average Bonchev–Trinajstić information content (AvgIpc) is 2.33. The normalized spacial score (nSPS) is 11.1. The predicted molar refractivity (Wildman–Crippen MR) is 68.5 cm³/mol. The average molecular weight is 240 g/mol. The van der Waals surface area contributed by atoms with Gasteiger partial charge in [-0.25, -0.2) is 0 Å². The smallest absolute Gasteiger partial charge is 0.0719 e. The van der Waals surface area contributed by atoms with Crippen molar-refractivity contribution in [2.45, 2.75) is 20.1 Å². The van der Waals surface area contributed by atoms with Crippen LogP contribution in [-0.2, 0) is 17.9 Å². The minimum absolute atomic E-state index is 0.680. The fraction of sp³-hybridized carbons (Fsp3) is 0.385. The van der Waals surface area contributed by atoms with E-state index in [-0.39, 0.29) is 0 Å². The maximum atomic E-state index is 5.44. The maximum absolute atomic E-state index is 5.44. The molecule has 0 saturated heterocycles. The van der Waals surface area contributed by atoms with Gasteiger partial charge >= 0.3 is 0 Å². The van der Waals surface area contributed by atoms with E-state index in [2.05, 4.69) is 17.4 Å². The van der Waals surface area contributed by atoms with Crippen LogP contribution in [-0.4, -0.2) is 13.2 Å². The molecule has 88 valence electrons. The lowest BCUT2D eigenvalue weighted by atomic mass is 10.1. The van der Waals surface area contributed by atoms with Crippen molar-refractivity contribution in [3.8, 4) is 0 Å². The van der Waals surface area contributed by atoms with Crippen LogP contribution in [0.2, 0.25) is 0 Å². The van der Waals surface area contributed by atoms with E-state index >= 15 is 0 Å². The van der Waals surface area contributed by atoms with Crippen molar-refractivity contribution in [3.63, 3.8) is 0 Å². The second-order valence-corrected chi connectivity index (χ2v) is 3.65. The Labute approximate surface area is 102 Å². The molecule has 1 aromatic carbocycles. The molecule has 1 N–H and O–H groups in total. The molecule has 0 aromatic heterocycles. The molecule has 0 unspecified atom stereocenters. The third kappa shape index (κ3) is 4.79. The molecular formula is C13H18ClNO. The van der Waals surface area contributed by atoms with Gasteiger partial charge in [0.25, 0.3) is 0 Å². The molecular weight excluding hydrogens is 222 g/mol. The molecule has 0 heterocycles. The first-order chi connectivity index (χ1) is 7.88. The van der Waals surface area contributed by atoms with Crippen LogP contribution < -0.4 is 5.32 Å². The van der Waals surface area contributed by atoms with E-state index in [0.717, 1.165) is 19.7 Å². The van der Waals surface area contributed by atoms with E-state index in [1.807, 2.05) is 25.1 Å². The van der Waals surface area contributed by atoms with Crippen LogP contribution in [0.1, 0.15) is 18.1 Å². The highest BCUT2D eigenvalue weighted by molar-refractivity contribution is 6.25. The van der Waals surface area contributed by atoms with Gasteiger partial charge in [0.2, 0.25) is 0 Å². The fourth-order valence-electron chi connectivity index (χ4n) is 1.42. The molecule has 1 rings (SSSR count). The third-order valence-electron chi connectivity index (χ3n) is 2.25. The molecule has 0 amide bonds. The van der Waals surface area contributed by atoms with Crippen LogP contribution >= 0.6 is 11.6 Å². The van der Waals surface area contributed by atoms with Gasteiger partial charge in [-0.3, -0.25) is 0 Å². The summed E-state index contributed by atoms with van der Waals surface area (Å²) < 4.78 is 5.42. The topological polar surface area (TPSA) is 21.3 Å². The maximum Gasteiger partial charge on any atom is 0.0719 e. The Morgan fingerprint density at radius 3 is 2.75 bits per heavy atom. The van der Waals surface area contributed by atoms with Crippen LogP contribution in [0.25, 0.3) is 0 Å². The van der Waals surface area contributed by atoms with E-state index in [1.165, 1.54) is 16.7 Å². The standard InChI is InChI=1S/C13H18ClNO/c1-2-16-11-13-7-4-3-6-12(13)10-15-9-5-8-14/h3-8,15H,2,9-11H2,1H3/b8-5+. The zero-order valence-electron chi connectivity index (χ0n) is 9.58. The molecule has 0 bridgehead atoms. The lowest BCUT2D eigenvalue weighted by Crippen LogP contribution is -2.14. The summed E-state index contributed by atoms with van der Waals surface area (Å²) in [4.78, 5) is 0. The van der Waals surface area contributed by atoms with Crippen LogP contribution in [0.15, 0.2) is 35.9 Å². The van der Waals surface area contributed by atoms with Crippen molar-refractivity contribution >= 4 is 11.6 Å². The Hall–Kier alpha value is -0.830. The first-order valence-corrected chi connectivity index (χ1v) is 5.92. The minimum Gasteiger partial charge on any atom is -0.377 e. The molecule has 0 spiro atoms. The highest BCUT2D eigenvalue weighted by Gasteiger charge is 2.00. The quantitative estimate of drug-likeness (QED) is 0.739. The van der Waals surface area contributed by atoms with Gasteiger partial charge in [0.15, 0.2) is 0 Å². The number of nitrogens with one attached hydrogen (secondary N) is 1. The van der Waals surface area contributed by atoms with Gasteiger partial charge in [0.1, 0.15) is 0 Å². The van der Waals surface area contributed by atoms with Gasteiger partial charge < -0.3 is 10.1 Å². The number of hydrogen-bond donors (Lipinski definition) is 1. The number of rotatable bonds is 7. The molecule has 3 heteroatoms. The first-order valence-electron chi connectivity index (χ1n) is 5.49. The van der Waals surface area contributed by atoms with Crippen molar-refractivity contribution in [2.24, 2.45) is 0 Å². The van der Waals surface area contributed by atoms with Crippen molar-refractivity contribution < 1.29 is 4.74 Å². The van der Waals surface area contributed by atoms with Crippen molar-refractivity contribution in [2.75, 3.05) is 13.2 Å². The number of benzene rings is 1. The van der Waals surface area contributed by atoms with Gasteiger partial charge in [0, 0.05) is 25.2 Å². The zero-order chi connectivity index (χ0) is 11.6. The Morgan fingerprint density at radius 2 is 2.06 bits per heavy atom. The summed E-state index contributed by atoms with van der Waals surface area (Å²) in [6.07, 6.45) is 1.88. The summed E-state index contributed by atoms with van der Waals surface area (Å²) in [7, 11) is 0. The second-order valence-electron chi connectivity index (χ2n) is 3.40. The van der Waals surface area contributed by atoms with E-state index < -0.39 is 0 Å². The van der Waals surface area contributed by atoms with Crippen molar-refractivity contribution in [1.29, 1.82) is 0 Å². The molecule has 0 radical (unpaired) electrons. The second kappa shape index (κ2) is 8.34. The predicted octanol–water partition coefficient (Wildman–Crippen LogP) is 3.07. The van der Waals surface area contributed by atoms with Gasteiger partial charge in [-0.15, -0.1) is 0 Å². The Morgan fingerprint density at radius 1 is 1.31 bits per heavy atom. The van der Waals surface area contributed by atoms with Crippen molar-refractivity contribution in [3.05, 3.63) is 47.0 Å². The highest BCUT2D eigenvalue weighted by atomic mass is 35.5. The van der Waals surface area contributed by atoms with Gasteiger partial charge in [-0.2, -0.15) is 0 Å².